The number of rotatable bonds is 5. The van der Waals surface area contributed by atoms with Gasteiger partial charge in [0.15, 0.2) is 0 Å². The summed E-state index contributed by atoms with van der Waals surface area (Å²) < 4.78 is 30.9. The molecule has 0 saturated carbocycles. The first kappa shape index (κ1) is 22.3. The van der Waals surface area contributed by atoms with Crippen LogP contribution in [0.25, 0.3) is 22.1 Å². The number of sulfonamides is 1. The van der Waals surface area contributed by atoms with Crippen LogP contribution in [0.5, 0.6) is 0 Å². The molecule has 0 aliphatic carbocycles. The fourth-order valence-electron chi connectivity index (χ4n) is 3.75. The van der Waals surface area contributed by atoms with Crippen molar-refractivity contribution in [2.24, 2.45) is 7.05 Å². The van der Waals surface area contributed by atoms with Crippen molar-refractivity contribution in [3.05, 3.63) is 68.0 Å². The van der Waals surface area contributed by atoms with E-state index in [9.17, 15) is 18.0 Å². The summed E-state index contributed by atoms with van der Waals surface area (Å²) in [5, 5.41) is 0.536. The summed E-state index contributed by atoms with van der Waals surface area (Å²) in [4.78, 5) is 30.4. The molecule has 0 bridgehead atoms. The number of aryl methyl sites for hydroxylation is 2. The normalized spacial score (nSPS) is 12.3. The Bertz CT molecular complexity index is 1600. The molecule has 9 nitrogen and oxygen atoms in total. The monoisotopic (exact) mass is 475 g/mol. The second kappa shape index (κ2) is 7.88. The summed E-state index contributed by atoms with van der Waals surface area (Å²) in [5.41, 5.74) is 0.861. The Labute approximate surface area is 189 Å². The van der Waals surface area contributed by atoms with E-state index in [2.05, 4.69) is 4.98 Å². The van der Waals surface area contributed by atoms with Gasteiger partial charge in [-0.15, -0.1) is 0 Å². The van der Waals surface area contributed by atoms with E-state index in [4.69, 9.17) is 11.6 Å². The third-order valence-electron chi connectivity index (χ3n) is 5.53. The van der Waals surface area contributed by atoms with Gasteiger partial charge in [-0.2, -0.15) is 0 Å². The summed E-state index contributed by atoms with van der Waals surface area (Å²) in [6, 6.07) is 9.72. The highest BCUT2D eigenvalue weighted by Gasteiger charge is 2.21. The highest BCUT2D eigenvalue weighted by Crippen LogP contribution is 2.22. The summed E-state index contributed by atoms with van der Waals surface area (Å²) >= 11 is 6.07. The third-order valence-corrected chi connectivity index (χ3v) is 7.58. The number of hydrogen-bond acceptors (Lipinski definition) is 5. The molecule has 0 spiro atoms. The van der Waals surface area contributed by atoms with Crippen molar-refractivity contribution in [3.8, 4) is 0 Å². The van der Waals surface area contributed by atoms with Crippen LogP contribution < -0.4 is 11.1 Å². The Kier molecular flexibility index (Phi) is 5.48. The van der Waals surface area contributed by atoms with Gasteiger partial charge in [-0.1, -0.05) is 11.6 Å². The van der Waals surface area contributed by atoms with Crippen LogP contribution in [0.4, 0.5) is 0 Å². The Morgan fingerprint density at radius 2 is 1.62 bits per heavy atom. The minimum absolute atomic E-state index is 0.0105. The molecule has 0 atom stereocenters. The average molecular weight is 476 g/mol. The minimum atomic E-state index is -3.74. The van der Waals surface area contributed by atoms with Crippen LogP contribution in [0.2, 0.25) is 5.02 Å². The predicted octanol–water partition coefficient (Wildman–Crippen LogP) is 2.02. The molecule has 2 aromatic heterocycles. The number of fused-ring (bicyclic) bond motifs is 2. The van der Waals surface area contributed by atoms with E-state index in [1.165, 1.54) is 35.4 Å². The van der Waals surface area contributed by atoms with Gasteiger partial charge in [0.2, 0.25) is 10.0 Å². The molecule has 0 fully saturated rings. The van der Waals surface area contributed by atoms with Crippen LogP contribution in [0.3, 0.4) is 0 Å². The Morgan fingerprint density at radius 3 is 2.28 bits per heavy atom. The highest BCUT2D eigenvalue weighted by atomic mass is 35.5. The van der Waals surface area contributed by atoms with E-state index in [1.807, 2.05) is 10.6 Å². The lowest BCUT2D eigenvalue weighted by atomic mass is 10.2. The number of benzene rings is 2. The lowest BCUT2D eigenvalue weighted by Crippen LogP contribution is -2.41. The maximum absolute atomic E-state index is 13.1. The summed E-state index contributed by atoms with van der Waals surface area (Å²) in [5.74, 6) is 0.528. The van der Waals surface area contributed by atoms with Gasteiger partial charge in [-0.25, -0.2) is 17.7 Å². The Balaban J connectivity index is 2.02. The number of hydrogen-bond donors (Lipinski definition) is 0. The van der Waals surface area contributed by atoms with Crippen molar-refractivity contribution >= 4 is 43.7 Å². The van der Waals surface area contributed by atoms with Crippen LogP contribution in [-0.4, -0.2) is 45.5 Å². The van der Waals surface area contributed by atoms with E-state index >= 15 is 0 Å². The topological polar surface area (TPSA) is 99.2 Å². The van der Waals surface area contributed by atoms with Gasteiger partial charge in [-0.05, 0) is 43.3 Å². The lowest BCUT2D eigenvalue weighted by molar-refractivity contribution is 0.520. The maximum atomic E-state index is 13.1. The summed E-state index contributed by atoms with van der Waals surface area (Å²) in [6.07, 6.45) is 0. The van der Waals surface area contributed by atoms with Crippen LogP contribution in [0, 0.1) is 0 Å². The van der Waals surface area contributed by atoms with Crippen LogP contribution in [0.1, 0.15) is 12.7 Å². The molecule has 0 aliphatic rings. The first-order valence-corrected chi connectivity index (χ1v) is 11.7. The molecule has 2 heterocycles. The second-order valence-electron chi connectivity index (χ2n) is 7.60. The maximum Gasteiger partial charge on any atom is 0.317 e. The number of halogens is 1. The fourth-order valence-corrected chi connectivity index (χ4v) is 4.83. The molecule has 0 saturated heterocycles. The summed E-state index contributed by atoms with van der Waals surface area (Å²) in [6.45, 7) is 2.02. The lowest BCUT2D eigenvalue weighted by Gasteiger charge is -2.16. The molecule has 11 heteroatoms. The first-order chi connectivity index (χ1) is 15.1. The van der Waals surface area contributed by atoms with Gasteiger partial charge in [-0.3, -0.25) is 14.2 Å². The fraction of sp³-hybridized carbons (Fsp3) is 0.286. The van der Waals surface area contributed by atoms with E-state index in [1.54, 1.807) is 32.2 Å². The zero-order chi connectivity index (χ0) is 23.4. The second-order valence-corrected chi connectivity index (χ2v) is 10.2. The number of nitrogens with zero attached hydrogens (tertiary/aromatic N) is 5. The average Bonchev–Trinajstić information content (AvgIpc) is 3.05. The first-order valence-electron chi connectivity index (χ1n) is 9.87. The molecular formula is C21H22ClN5O4S. The van der Waals surface area contributed by atoms with Gasteiger partial charge >= 0.3 is 11.1 Å². The largest absolute Gasteiger partial charge is 0.330 e. The van der Waals surface area contributed by atoms with E-state index in [0.717, 1.165) is 9.82 Å². The van der Waals surface area contributed by atoms with Crippen LogP contribution in [-0.2, 0) is 30.2 Å². The van der Waals surface area contributed by atoms with E-state index < -0.39 is 21.1 Å². The predicted molar refractivity (Wildman–Crippen MR) is 124 cm³/mol. The third kappa shape index (κ3) is 3.44. The number of imidazole rings is 1. The SMILES string of the molecule is CCn1c(=O)c(=O)n(Cc2nc3cc(Cl)ccc3n2C)c2cc(S(=O)(=O)N(C)C)ccc21. The molecule has 0 aliphatic heterocycles. The minimum Gasteiger partial charge on any atom is -0.330 e. The van der Waals surface area contributed by atoms with Crippen LogP contribution >= 0.6 is 11.6 Å². The summed E-state index contributed by atoms with van der Waals surface area (Å²) in [7, 11) is 0.937. The van der Waals surface area contributed by atoms with E-state index in [0.29, 0.717) is 27.4 Å². The molecular weight excluding hydrogens is 454 g/mol. The Morgan fingerprint density at radius 1 is 0.969 bits per heavy atom. The van der Waals surface area contributed by atoms with Crippen LogP contribution in [0.15, 0.2) is 50.9 Å². The molecule has 2 aromatic carbocycles. The van der Waals surface area contributed by atoms with Crippen molar-refractivity contribution in [3.63, 3.8) is 0 Å². The van der Waals surface area contributed by atoms with Crippen molar-refractivity contribution < 1.29 is 8.42 Å². The molecule has 0 radical (unpaired) electrons. The molecule has 0 amide bonds. The van der Waals surface area contributed by atoms with E-state index in [-0.39, 0.29) is 18.0 Å². The van der Waals surface area contributed by atoms with Gasteiger partial charge < -0.3 is 9.13 Å². The smallest absolute Gasteiger partial charge is 0.317 e. The number of aromatic nitrogens is 4. The van der Waals surface area contributed by atoms with Gasteiger partial charge in [0.1, 0.15) is 5.82 Å². The van der Waals surface area contributed by atoms with Crippen molar-refractivity contribution in [1.29, 1.82) is 0 Å². The quantitative estimate of drug-likeness (QED) is 0.411. The van der Waals surface area contributed by atoms with Gasteiger partial charge in [0, 0.05) is 32.7 Å². The van der Waals surface area contributed by atoms with Gasteiger partial charge in [0.25, 0.3) is 0 Å². The van der Waals surface area contributed by atoms with Crippen molar-refractivity contribution in [2.45, 2.75) is 24.9 Å². The highest BCUT2D eigenvalue weighted by molar-refractivity contribution is 7.89. The van der Waals surface area contributed by atoms with Crippen molar-refractivity contribution in [1.82, 2.24) is 23.0 Å². The molecule has 0 unspecified atom stereocenters. The molecule has 0 N–H and O–H groups in total. The standard InChI is InChI=1S/C21H22ClN5O4S/c1-5-26-17-9-7-14(32(30,31)24(2)3)11-18(17)27(21(29)20(26)28)12-19-23-15-10-13(22)6-8-16(15)25(19)4/h6-11H,5,12H2,1-4H3. The molecule has 4 aromatic rings. The zero-order valence-corrected chi connectivity index (χ0v) is 19.6. The zero-order valence-electron chi connectivity index (χ0n) is 18.0. The Hall–Kier alpha value is -2.95. The van der Waals surface area contributed by atoms with Crippen molar-refractivity contribution in [2.75, 3.05) is 14.1 Å². The molecule has 4 rings (SSSR count). The molecule has 32 heavy (non-hydrogen) atoms. The molecule has 168 valence electrons. The van der Waals surface area contributed by atoms with Gasteiger partial charge in [0.05, 0.1) is 33.5 Å².